The standard InChI is InChI=1S/C15H16N4O2/c1-10-5-6-13(20-2)12(8-10)19-15(11(9-16)17-18-19)14-4-3-7-21-14/h5-6,8,14H,3-4,7H2,1-2H3. The zero-order valence-corrected chi connectivity index (χ0v) is 12.0. The largest absolute Gasteiger partial charge is 0.494 e. The summed E-state index contributed by atoms with van der Waals surface area (Å²) in [6, 6.07) is 7.92. The molecule has 1 aromatic carbocycles. The molecule has 6 nitrogen and oxygen atoms in total. The Morgan fingerprint density at radius 3 is 3.00 bits per heavy atom. The van der Waals surface area contributed by atoms with E-state index in [-0.39, 0.29) is 6.10 Å². The number of hydrogen-bond donors (Lipinski definition) is 0. The van der Waals surface area contributed by atoms with Crippen LogP contribution in [-0.2, 0) is 4.74 Å². The second-order valence-electron chi connectivity index (χ2n) is 5.02. The summed E-state index contributed by atoms with van der Waals surface area (Å²) in [6.07, 6.45) is 1.71. The van der Waals surface area contributed by atoms with Gasteiger partial charge in [0.2, 0.25) is 0 Å². The number of hydrogen-bond acceptors (Lipinski definition) is 5. The van der Waals surface area contributed by atoms with E-state index < -0.39 is 0 Å². The normalized spacial score (nSPS) is 17.7. The second kappa shape index (κ2) is 5.54. The fraction of sp³-hybridized carbons (Fsp3) is 0.400. The maximum Gasteiger partial charge on any atom is 0.189 e. The number of ether oxygens (including phenoxy) is 2. The summed E-state index contributed by atoms with van der Waals surface area (Å²) in [4.78, 5) is 0. The molecule has 0 spiro atoms. The van der Waals surface area contributed by atoms with Crippen LogP contribution in [0.2, 0.25) is 0 Å². The number of aromatic nitrogens is 3. The van der Waals surface area contributed by atoms with Crippen molar-refractivity contribution in [3.8, 4) is 17.5 Å². The highest BCUT2D eigenvalue weighted by molar-refractivity contribution is 5.50. The van der Waals surface area contributed by atoms with Gasteiger partial charge in [-0.3, -0.25) is 0 Å². The molecule has 1 aromatic heterocycles. The maximum atomic E-state index is 9.27. The molecule has 0 aliphatic carbocycles. The van der Waals surface area contributed by atoms with Gasteiger partial charge in [-0.1, -0.05) is 11.3 Å². The van der Waals surface area contributed by atoms with Gasteiger partial charge in [0, 0.05) is 6.61 Å². The maximum absolute atomic E-state index is 9.27. The van der Waals surface area contributed by atoms with Crippen LogP contribution in [0.5, 0.6) is 5.75 Å². The third-order valence-corrected chi connectivity index (χ3v) is 3.61. The van der Waals surface area contributed by atoms with Gasteiger partial charge in [-0.2, -0.15) is 5.26 Å². The minimum atomic E-state index is -0.139. The Balaban J connectivity index is 2.17. The average Bonchev–Trinajstić information content (AvgIpc) is 3.15. The van der Waals surface area contributed by atoms with Gasteiger partial charge in [0.05, 0.1) is 7.11 Å². The van der Waals surface area contributed by atoms with Crippen LogP contribution in [0.3, 0.4) is 0 Å². The number of rotatable bonds is 3. The van der Waals surface area contributed by atoms with Gasteiger partial charge >= 0.3 is 0 Å². The lowest BCUT2D eigenvalue weighted by molar-refractivity contribution is 0.106. The summed E-state index contributed by atoms with van der Waals surface area (Å²) < 4.78 is 12.8. The molecule has 0 N–H and O–H groups in total. The number of methoxy groups -OCH3 is 1. The van der Waals surface area contributed by atoms with Crippen molar-refractivity contribution in [2.45, 2.75) is 25.9 Å². The summed E-state index contributed by atoms with van der Waals surface area (Å²) in [5.74, 6) is 0.689. The zero-order chi connectivity index (χ0) is 14.8. The number of benzene rings is 1. The highest BCUT2D eigenvalue weighted by Crippen LogP contribution is 2.33. The molecule has 0 amide bonds. The predicted octanol–water partition coefficient (Wildman–Crippen LogP) is 2.31. The summed E-state index contributed by atoms with van der Waals surface area (Å²) in [5.41, 5.74) is 2.87. The van der Waals surface area contributed by atoms with Gasteiger partial charge in [-0.05, 0) is 37.5 Å². The number of nitriles is 1. The van der Waals surface area contributed by atoms with Crippen LogP contribution in [0, 0.1) is 18.3 Å². The molecule has 1 unspecified atom stereocenters. The van der Waals surface area contributed by atoms with Crippen molar-refractivity contribution in [1.29, 1.82) is 5.26 Å². The monoisotopic (exact) mass is 284 g/mol. The van der Waals surface area contributed by atoms with Crippen LogP contribution in [0.4, 0.5) is 0 Å². The first kappa shape index (κ1) is 13.6. The molecule has 1 saturated heterocycles. The van der Waals surface area contributed by atoms with Gasteiger partial charge < -0.3 is 9.47 Å². The van der Waals surface area contributed by atoms with E-state index in [1.165, 1.54) is 0 Å². The van der Waals surface area contributed by atoms with Crippen LogP contribution in [0.15, 0.2) is 18.2 Å². The Kier molecular flexibility index (Phi) is 3.59. The van der Waals surface area contributed by atoms with Crippen LogP contribution >= 0.6 is 0 Å². The molecule has 0 saturated carbocycles. The molecule has 2 heterocycles. The van der Waals surface area contributed by atoms with E-state index >= 15 is 0 Å². The highest BCUT2D eigenvalue weighted by atomic mass is 16.5. The highest BCUT2D eigenvalue weighted by Gasteiger charge is 2.28. The summed E-state index contributed by atoms with van der Waals surface area (Å²) in [5, 5.41) is 17.4. The lowest BCUT2D eigenvalue weighted by Gasteiger charge is -2.15. The molecule has 0 bridgehead atoms. The van der Waals surface area contributed by atoms with E-state index in [9.17, 15) is 5.26 Å². The first-order valence-corrected chi connectivity index (χ1v) is 6.87. The van der Waals surface area contributed by atoms with Crippen molar-refractivity contribution in [2.75, 3.05) is 13.7 Å². The molecule has 2 aromatic rings. The molecule has 108 valence electrons. The van der Waals surface area contributed by atoms with E-state index in [0.717, 1.165) is 24.1 Å². The Bertz CT molecular complexity index is 696. The lowest BCUT2D eigenvalue weighted by Crippen LogP contribution is -2.09. The van der Waals surface area contributed by atoms with Crippen molar-refractivity contribution in [2.24, 2.45) is 0 Å². The van der Waals surface area contributed by atoms with Crippen molar-refractivity contribution >= 4 is 0 Å². The molecule has 1 aliphatic heterocycles. The van der Waals surface area contributed by atoms with Crippen LogP contribution in [0.1, 0.15) is 35.9 Å². The molecule has 1 atom stereocenters. The smallest absolute Gasteiger partial charge is 0.189 e. The van der Waals surface area contributed by atoms with Crippen molar-refractivity contribution in [1.82, 2.24) is 15.0 Å². The minimum Gasteiger partial charge on any atom is -0.494 e. The van der Waals surface area contributed by atoms with Gasteiger partial charge in [0.25, 0.3) is 0 Å². The fourth-order valence-corrected chi connectivity index (χ4v) is 2.59. The van der Waals surface area contributed by atoms with Gasteiger partial charge in [0.1, 0.15) is 29.3 Å². The van der Waals surface area contributed by atoms with E-state index in [1.807, 2.05) is 25.1 Å². The zero-order valence-electron chi connectivity index (χ0n) is 12.0. The molecule has 21 heavy (non-hydrogen) atoms. The van der Waals surface area contributed by atoms with E-state index in [0.29, 0.717) is 23.7 Å². The molecular formula is C15H16N4O2. The Morgan fingerprint density at radius 1 is 1.48 bits per heavy atom. The predicted molar refractivity (Wildman–Crippen MR) is 75.3 cm³/mol. The first-order chi connectivity index (χ1) is 10.2. The topological polar surface area (TPSA) is 73.0 Å². The van der Waals surface area contributed by atoms with Crippen LogP contribution in [-0.4, -0.2) is 28.7 Å². The third-order valence-electron chi connectivity index (χ3n) is 3.61. The Morgan fingerprint density at radius 2 is 2.33 bits per heavy atom. The second-order valence-corrected chi connectivity index (χ2v) is 5.02. The Hall–Kier alpha value is -2.39. The van der Waals surface area contributed by atoms with Gasteiger partial charge in [-0.15, -0.1) is 5.10 Å². The molecule has 1 fully saturated rings. The van der Waals surface area contributed by atoms with Gasteiger partial charge in [0.15, 0.2) is 5.69 Å². The van der Waals surface area contributed by atoms with E-state index in [4.69, 9.17) is 9.47 Å². The quantitative estimate of drug-likeness (QED) is 0.864. The first-order valence-electron chi connectivity index (χ1n) is 6.87. The average molecular weight is 284 g/mol. The summed E-state index contributed by atoms with van der Waals surface area (Å²) >= 11 is 0. The van der Waals surface area contributed by atoms with Crippen LogP contribution < -0.4 is 4.74 Å². The molecule has 1 aliphatic rings. The van der Waals surface area contributed by atoms with Crippen molar-refractivity contribution in [3.05, 3.63) is 35.2 Å². The summed E-state index contributed by atoms with van der Waals surface area (Å²) in [7, 11) is 1.61. The van der Waals surface area contributed by atoms with E-state index in [1.54, 1.807) is 11.8 Å². The minimum absolute atomic E-state index is 0.139. The molecular weight excluding hydrogens is 268 g/mol. The Labute approximate surface area is 122 Å². The molecule has 0 radical (unpaired) electrons. The fourth-order valence-electron chi connectivity index (χ4n) is 2.59. The van der Waals surface area contributed by atoms with Crippen molar-refractivity contribution < 1.29 is 9.47 Å². The SMILES string of the molecule is COc1ccc(C)cc1-n1nnc(C#N)c1C1CCCO1. The number of nitrogens with zero attached hydrogens (tertiary/aromatic N) is 4. The van der Waals surface area contributed by atoms with Gasteiger partial charge in [-0.25, -0.2) is 4.68 Å². The molecule has 3 rings (SSSR count). The third kappa shape index (κ3) is 2.36. The summed E-state index contributed by atoms with van der Waals surface area (Å²) in [6.45, 7) is 2.70. The number of aryl methyl sites for hydroxylation is 1. The van der Waals surface area contributed by atoms with E-state index in [2.05, 4.69) is 16.4 Å². The van der Waals surface area contributed by atoms with Crippen LogP contribution in [0.25, 0.3) is 5.69 Å². The van der Waals surface area contributed by atoms with Crippen molar-refractivity contribution in [3.63, 3.8) is 0 Å². The molecule has 6 heteroatoms. The lowest BCUT2D eigenvalue weighted by atomic mass is 10.1.